The zero-order valence-corrected chi connectivity index (χ0v) is 37.6. The molecule has 0 unspecified atom stereocenters. The van der Waals surface area contributed by atoms with Crippen molar-refractivity contribution in [3.05, 3.63) is 223 Å². The van der Waals surface area contributed by atoms with Gasteiger partial charge in [-0.05, 0) is 111 Å². The second-order valence-corrected chi connectivity index (χ2v) is 20.4. The van der Waals surface area contributed by atoms with Crippen LogP contribution in [-0.4, -0.2) is 0 Å². The minimum atomic E-state index is -4.75. The first kappa shape index (κ1) is 40.6. The standard InChI is InChI=1S/C56H40O6P2S/c57-63(59-43-25-5-1-6-26-43,60-44-27-7-2-8-28-44)53-54(64(58,61-45-29-9-3-10-30-45)62-46-31-11-4-12-32-46)56(52-49-35-19-15-23-41(49)38-42-24-16-20-36-50(42)52)65-55(53)51-47-33-17-13-21-39(47)37-40-22-14-18-34-48(40)51/h1-15,17-23,25-38H,16,24H2. The fraction of sp³-hybridized carbons (Fsp3) is 0.0357. The van der Waals surface area contributed by atoms with Crippen molar-refractivity contribution in [1.29, 1.82) is 0 Å². The fourth-order valence-electron chi connectivity index (χ4n) is 8.72. The van der Waals surface area contributed by atoms with Crippen LogP contribution in [-0.2, 0) is 15.6 Å². The van der Waals surface area contributed by atoms with Crippen molar-refractivity contribution in [1.82, 2.24) is 0 Å². The molecule has 1 heterocycles. The summed E-state index contributed by atoms with van der Waals surface area (Å²) in [5.74, 6) is 1.20. The van der Waals surface area contributed by atoms with E-state index in [2.05, 4.69) is 60.7 Å². The van der Waals surface area contributed by atoms with Crippen LogP contribution >= 0.6 is 26.5 Å². The van der Waals surface area contributed by atoms with Crippen LogP contribution in [0.2, 0.25) is 0 Å². The molecule has 0 aliphatic heterocycles. The molecule has 0 saturated heterocycles. The molecular weight excluding hydrogens is 863 g/mol. The Bertz CT molecular complexity index is 3360. The number of benzene rings is 9. The predicted octanol–water partition coefficient (Wildman–Crippen LogP) is 15.5. The summed E-state index contributed by atoms with van der Waals surface area (Å²) in [7, 11) is -9.49. The average molecular weight is 903 g/mol. The first-order valence-electron chi connectivity index (χ1n) is 21.4. The molecule has 0 N–H and O–H groups in total. The molecule has 0 atom stereocenters. The van der Waals surface area contributed by atoms with Crippen molar-refractivity contribution in [2.75, 3.05) is 0 Å². The van der Waals surface area contributed by atoms with Crippen molar-refractivity contribution >= 4 is 75.5 Å². The third-order valence-corrected chi connectivity index (χ3v) is 17.0. The Morgan fingerprint density at radius 1 is 0.400 bits per heavy atom. The first-order valence-corrected chi connectivity index (χ1v) is 25.3. The summed E-state index contributed by atoms with van der Waals surface area (Å²) in [6.45, 7) is 0. The number of hydrogen-bond acceptors (Lipinski definition) is 7. The molecule has 0 bridgehead atoms. The molecule has 0 amide bonds. The molecule has 10 aromatic rings. The monoisotopic (exact) mass is 902 g/mol. The van der Waals surface area contributed by atoms with Crippen LogP contribution < -0.4 is 28.7 Å². The fourth-order valence-corrected chi connectivity index (χ4v) is 15.3. The molecule has 9 heteroatoms. The second-order valence-electron chi connectivity index (χ2n) is 15.8. The highest BCUT2D eigenvalue weighted by Gasteiger charge is 2.50. The Hall–Kier alpha value is -7.14. The van der Waals surface area contributed by atoms with E-state index in [1.165, 1.54) is 11.3 Å². The van der Waals surface area contributed by atoms with Gasteiger partial charge in [-0.25, -0.2) is 9.13 Å². The highest BCUT2D eigenvalue weighted by atomic mass is 32.1. The maximum Gasteiger partial charge on any atom is 0.465 e. The first-order chi connectivity index (χ1) is 31.9. The molecule has 11 rings (SSSR count). The number of para-hydroxylation sites is 4. The quantitative estimate of drug-likeness (QED) is 0.0898. The number of thiophene rings is 1. The van der Waals surface area contributed by atoms with Crippen LogP contribution in [0.4, 0.5) is 0 Å². The van der Waals surface area contributed by atoms with E-state index in [1.54, 1.807) is 48.5 Å². The van der Waals surface area contributed by atoms with Crippen LogP contribution in [0.3, 0.4) is 0 Å². The second kappa shape index (κ2) is 17.1. The van der Waals surface area contributed by atoms with Gasteiger partial charge in [0.1, 0.15) is 33.6 Å². The van der Waals surface area contributed by atoms with Crippen molar-refractivity contribution in [2.24, 2.45) is 0 Å². The zero-order valence-electron chi connectivity index (χ0n) is 35.0. The van der Waals surface area contributed by atoms with Crippen LogP contribution in [0.25, 0.3) is 59.3 Å². The van der Waals surface area contributed by atoms with Crippen molar-refractivity contribution in [3.8, 4) is 43.9 Å². The lowest BCUT2D eigenvalue weighted by Crippen LogP contribution is -2.32. The van der Waals surface area contributed by atoms with Gasteiger partial charge in [0.05, 0.1) is 9.75 Å². The molecule has 1 aromatic heterocycles. The van der Waals surface area contributed by atoms with E-state index in [1.807, 2.05) is 109 Å². The molecule has 0 saturated carbocycles. The lowest BCUT2D eigenvalue weighted by atomic mass is 9.88. The summed E-state index contributed by atoms with van der Waals surface area (Å²) >= 11 is 1.41. The number of fused-ring (bicyclic) bond motifs is 4. The van der Waals surface area contributed by atoms with Gasteiger partial charge in [-0.15, -0.1) is 11.3 Å². The number of hydrogen-bond donors (Lipinski definition) is 0. The average Bonchev–Trinajstić information content (AvgIpc) is 3.75. The maximum absolute atomic E-state index is 17.1. The molecule has 9 aromatic carbocycles. The molecule has 0 radical (unpaired) electrons. The van der Waals surface area contributed by atoms with Crippen LogP contribution in [0.15, 0.2) is 212 Å². The normalized spacial score (nSPS) is 12.6. The molecule has 6 nitrogen and oxygen atoms in total. The molecule has 1 aliphatic rings. The molecule has 0 spiro atoms. The molecule has 1 aliphatic carbocycles. The third-order valence-electron chi connectivity index (χ3n) is 11.5. The van der Waals surface area contributed by atoms with Gasteiger partial charge in [-0.2, -0.15) is 0 Å². The van der Waals surface area contributed by atoms with Crippen LogP contribution in [0, 0.1) is 0 Å². The summed E-state index contributed by atoms with van der Waals surface area (Å²) in [6, 6.07) is 64.9. The van der Waals surface area contributed by atoms with Gasteiger partial charge >= 0.3 is 15.2 Å². The van der Waals surface area contributed by atoms with Crippen molar-refractivity contribution in [2.45, 2.75) is 12.8 Å². The van der Waals surface area contributed by atoms with Crippen molar-refractivity contribution < 1.29 is 27.2 Å². The van der Waals surface area contributed by atoms with Gasteiger partial charge < -0.3 is 18.1 Å². The highest BCUT2D eigenvalue weighted by molar-refractivity contribution is 7.71. The Balaban J connectivity index is 1.37. The van der Waals surface area contributed by atoms with E-state index in [0.29, 0.717) is 32.8 Å². The summed E-state index contributed by atoms with van der Waals surface area (Å²) < 4.78 is 61.6. The van der Waals surface area contributed by atoms with Gasteiger partial charge in [-0.3, -0.25) is 0 Å². The van der Waals surface area contributed by atoms with E-state index in [0.717, 1.165) is 67.4 Å². The zero-order chi connectivity index (χ0) is 43.8. The lowest BCUT2D eigenvalue weighted by Gasteiger charge is -2.26. The smallest absolute Gasteiger partial charge is 0.413 e. The van der Waals surface area contributed by atoms with E-state index in [-0.39, 0.29) is 10.6 Å². The lowest BCUT2D eigenvalue weighted by molar-refractivity contribution is 0.394. The number of rotatable bonds is 12. The molecular formula is C56H40O6P2S. The minimum absolute atomic E-state index is 0.0865. The largest absolute Gasteiger partial charge is 0.465 e. The summed E-state index contributed by atoms with van der Waals surface area (Å²) in [6.07, 6.45) is 6.01. The van der Waals surface area contributed by atoms with E-state index >= 15 is 9.13 Å². The van der Waals surface area contributed by atoms with E-state index in [4.69, 9.17) is 18.1 Å². The van der Waals surface area contributed by atoms with Gasteiger partial charge in [0.15, 0.2) is 0 Å². The maximum atomic E-state index is 17.1. The van der Waals surface area contributed by atoms with E-state index < -0.39 is 15.2 Å². The van der Waals surface area contributed by atoms with Crippen LogP contribution in [0.5, 0.6) is 23.0 Å². The Labute approximate surface area is 381 Å². The van der Waals surface area contributed by atoms with Gasteiger partial charge in [0.25, 0.3) is 0 Å². The SMILES string of the molecule is O=P(Oc1ccccc1)(Oc1ccccc1)c1c(-c2c3c(cc4ccccc24)CCC=C3)sc(-c2c3ccccc3cc3ccccc23)c1P(=O)(Oc1ccccc1)Oc1ccccc1. The highest BCUT2D eigenvalue weighted by Crippen LogP contribution is 2.60. The minimum Gasteiger partial charge on any atom is -0.413 e. The Morgan fingerprint density at radius 3 is 1.18 bits per heavy atom. The number of aryl methyl sites for hydroxylation is 1. The van der Waals surface area contributed by atoms with Gasteiger partial charge in [0, 0.05) is 11.1 Å². The summed E-state index contributed by atoms with van der Waals surface area (Å²) in [4.78, 5) is 1.11. The molecule has 316 valence electrons. The summed E-state index contributed by atoms with van der Waals surface area (Å²) in [5.41, 5.74) is 3.74. The Morgan fingerprint density at radius 2 is 0.754 bits per heavy atom. The Kier molecular flexibility index (Phi) is 10.7. The predicted molar refractivity (Wildman–Crippen MR) is 268 cm³/mol. The van der Waals surface area contributed by atoms with Gasteiger partial charge in [-0.1, -0.05) is 164 Å². The number of allylic oxidation sites excluding steroid dienone is 1. The molecule has 0 fully saturated rings. The van der Waals surface area contributed by atoms with Crippen molar-refractivity contribution in [3.63, 3.8) is 0 Å². The summed E-state index contributed by atoms with van der Waals surface area (Å²) in [5, 5.41) is 5.87. The third kappa shape index (κ3) is 7.72. The topological polar surface area (TPSA) is 71.1 Å². The van der Waals surface area contributed by atoms with Gasteiger partial charge in [0.2, 0.25) is 0 Å². The molecule has 65 heavy (non-hydrogen) atoms. The van der Waals surface area contributed by atoms with Crippen LogP contribution in [0.1, 0.15) is 17.5 Å². The van der Waals surface area contributed by atoms with E-state index in [9.17, 15) is 0 Å².